The van der Waals surface area contributed by atoms with E-state index in [0.717, 1.165) is 30.9 Å². The van der Waals surface area contributed by atoms with E-state index < -0.39 is 0 Å². The molecular weight excluding hydrogens is 262 g/mol. The Kier molecular flexibility index (Phi) is 4.68. The van der Waals surface area contributed by atoms with E-state index in [1.54, 1.807) is 7.11 Å². The van der Waals surface area contributed by atoms with Crippen molar-refractivity contribution in [2.75, 3.05) is 12.4 Å². The van der Waals surface area contributed by atoms with Crippen molar-refractivity contribution in [2.45, 2.75) is 26.4 Å². The van der Waals surface area contributed by atoms with Crippen LogP contribution in [-0.4, -0.2) is 16.9 Å². The van der Waals surface area contributed by atoms with Crippen LogP contribution in [-0.2, 0) is 13.1 Å². The molecule has 0 bridgehead atoms. The van der Waals surface area contributed by atoms with Gasteiger partial charge in [0, 0.05) is 24.5 Å². The summed E-state index contributed by atoms with van der Waals surface area (Å²) in [6.07, 6.45) is 2.90. The predicted molar refractivity (Wildman–Crippen MR) is 77.8 cm³/mol. The fraction of sp³-hybridized carbons (Fsp3) is 0.357. The van der Waals surface area contributed by atoms with Crippen LogP contribution >= 0.6 is 11.6 Å². The number of rotatable bonds is 6. The van der Waals surface area contributed by atoms with Gasteiger partial charge in [-0.05, 0) is 24.6 Å². The van der Waals surface area contributed by atoms with Gasteiger partial charge in [0.1, 0.15) is 5.75 Å². The number of hydrogen-bond donors (Lipinski definition) is 1. The quantitative estimate of drug-likeness (QED) is 0.879. The maximum atomic E-state index is 6.00. The molecule has 0 aliphatic carbocycles. The fourth-order valence-electron chi connectivity index (χ4n) is 1.89. The third-order valence-corrected chi connectivity index (χ3v) is 3.18. The topological polar surface area (TPSA) is 39.1 Å². The smallest absolute Gasteiger partial charge is 0.139 e. The van der Waals surface area contributed by atoms with Gasteiger partial charge in [0.15, 0.2) is 0 Å². The second kappa shape index (κ2) is 6.48. The first-order valence-electron chi connectivity index (χ1n) is 6.32. The molecule has 0 saturated carbocycles. The van der Waals surface area contributed by atoms with Crippen LogP contribution in [0.2, 0.25) is 5.02 Å². The van der Waals surface area contributed by atoms with E-state index in [1.807, 2.05) is 35.1 Å². The van der Waals surface area contributed by atoms with Crippen LogP contribution in [0.1, 0.15) is 19.0 Å². The molecule has 5 heteroatoms. The van der Waals surface area contributed by atoms with Gasteiger partial charge in [-0.3, -0.25) is 4.68 Å². The Morgan fingerprint density at radius 2 is 2.21 bits per heavy atom. The lowest BCUT2D eigenvalue weighted by molar-refractivity contribution is 0.415. The summed E-state index contributed by atoms with van der Waals surface area (Å²) in [7, 11) is 1.61. The molecule has 1 heterocycles. The molecule has 0 atom stereocenters. The van der Waals surface area contributed by atoms with Gasteiger partial charge in [0.25, 0.3) is 0 Å². The van der Waals surface area contributed by atoms with Crippen LogP contribution in [0.15, 0.2) is 30.5 Å². The fourth-order valence-corrected chi connectivity index (χ4v) is 2.08. The lowest BCUT2D eigenvalue weighted by atomic mass is 10.3. The SMILES string of the molecule is CCCn1nccc1CNc1ccc(Cl)c(OC)c1. The Morgan fingerprint density at radius 3 is 2.95 bits per heavy atom. The molecule has 0 aliphatic heterocycles. The molecule has 0 saturated heterocycles. The van der Waals surface area contributed by atoms with Gasteiger partial charge in [-0.2, -0.15) is 5.10 Å². The summed E-state index contributed by atoms with van der Waals surface area (Å²) in [5.41, 5.74) is 2.14. The highest BCUT2D eigenvalue weighted by Gasteiger charge is 2.04. The van der Waals surface area contributed by atoms with Gasteiger partial charge in [-0.25, -0.2) is 0 Å². The van der Waals surface area contributed by atoms with Crippen LogP contribution in [0, 0.1) is 0 Å². The van der Waals surface area contributed by atoms with Crippen LogP contribution in [0.3, 0.4) is 0 Å². The molecule has 102 valence electrons. The third kappa shape index (κ3) is 3.41. The summed E-state index contributed by atoms with van der Waals surface area (Å²) in [6.45, 7) is 3.81. The van der Waals surface area contributed by atoms with Crippen LogP contribution in [0.25, 0.3) is 0 Å². The molecule has 2 aromatic rings. The average Bonchev–Trinajstić information content (AvgIpc) is 2.86. The molecule has 19 heavy (non-hydrogen) atoms. The highest BCUT2D eigenvalue weighted by atomic mass is 35.5. The molecule has 0 radical (unpaired) electrons. The standard InChI is InChI=1S/C14H18ClN3O/c1-3-8-18-12(6-7-17-18)10-16-11-4-5-13(15)14(9-11)19-2/h4-7,9,16H,3,8,10H2,1-2H3. The Morgan fingerprint density at radius 1 is 1.37 bits per heavy atom. The van der Waals surface area contributed by atoms with Crippen molar-refractivity contribution in [3.05, 3.63) is 41.2 Å². The number of aryl methyl sites for hydroxylation is 1. The van der Waals surface area contributed by atoms with E-state index in [1.165, 1.54) is 0 Å². The van der Waals surface area contributed by atoms with Crippen LogP contribution < -0.4 is 10.1 Å². The lowest BCUT2D eigenvalue weighted by Crippen LogP contribution is -2.08. The number of ether oxygens (including phenoxy) is 1. The van der Waals surface area contributed by atoms with Crippen molar-refractivity contribution in [1.29, 1.82) is 0 Å². The largest absolute Gasteiger partial charge is 0.495 e. The van der Waals surface area contributed by atoms with Crippen molar-refractivity contribution in [1.82, 2.24) is 9.78 Å². The number of aromatic nitrogens is 2. The summed E-state index contributed by atoms with van der Waals surface area (Å²) in [5.74, 6) is 0.675. The number of nitrogens with one attached hydrogen (secondary N) is 1. The highest BCUT2D eigenvalue weighted by molar-refractivity contribution is 6.32. The molecule has 2 rings (SSSR count). The van der Waals surface area contributed by atoms with Gasteiger partial charge in [0.05, 0.1) is 24.4 Å². The summed E-state index contributed by atoms with van der Waals surface area (Å²) < 4.78 is 7.21. The zero-order valence-electron chi connectivity index (χ0n) is 11.2. The van der Waals surface area contributed by atoms with E-state index in [9.17, 15) is 0 Å². The average molecular weight is 280 g/mol. The van der Waals surface area contributed by atoms with Crippen molar-refractivity contribution in [3.8, 4) is 5.75 Å². The first-order valence-corrected chi connectivity index (χ1v) is 6.70. The summed E-state index contributed by atoms with van der Waals surface area (Å²) >= 11 is 6.00. The Hall–Kier alpha value is -1.68. The summed E-state index contributed by atoms with van der Waals surface area (Å²) in [5, 5.41) is 8.26. The van der Waals surface area contributed by atoms with Gasteiger partial charge >= 0.3 is 0 Å². The van der Waals surface area contributed by atoms with Crippen molar-refractivity contribution < 1.29 is 4.74 Å². The van der Waals surface area contributed by atoms with Gasteiger partial charge in [0.2, 0.25) is 0 Å². The Balaban J connectivity index is 2.04. The van der Waals surface area contributed by atoms with Gasteiger partial charge in [-0.15, -0.1) is 0 Å². The number of nitrogens with zero attached hydrogens (tertiary/aromatic N) is 2. The van der Waals surface area contributed by atoms with E-state index >= 15 is 0 Å². The number of benzene rings is 1. The molecule has 0 fully saturated rings. The predicted octanol–water partition coefficient (Wildman–Crippen LogP) is 3.57. The van der Waals surface area contributed by atoms with E-state index in [4.69, 9.17) is 16.3 Å². The number of methoxy groups -OCH3 is 1. The monoisotopic (exact) mass is 279 g/mol. The maximum Gasteiger partial charge on any atom is 0.139 e. The second-order valence-corrected chi connectivity index (χ2v) is 4.66. The lowest BCUT2D eigenvalue weighted by Gasteiger charge is -2.10. The maximum absolute atomic E-state index is 6.00. The zero-order chi connectivity index (χ0) is 13.7. The summed E-state index contributed by atoms with van der Waals surface area (Å²) in [4.78, 5) is 0. The van der Waals surface area contributed by atoms with Crippen molar-refractivity contribution >= 4 is 17.3 Å². The Bertz CT molecular complexity index is 539. The Labute approximate surface area is 118 Å². The highest BCUT2D eigenvalue weighted by Crippen LogP contribution is 2.27. The normalized spacial score (nSPS) is 10.5. The molecule has 0 aliphatic rings. The second-order valence-electron chi connectivity index (χ2n) is 4.25. The van der Waals surface area contributed by atoms with E-state index in [0.29, 0.717) is 10.8 Å². The number of hydrogen-bond acceptors (Lipinski definition) is 3. The van der Waals surface area contributed by atoms with Crippen molar-refractivity contribution in [2.24, 2.45) is 0 Å². The summed E-state index contributed by atoms with van der Waals surface area (Å²) in [6, 6.07) is 7.68. The molecule has 1 aromatic carbocycles. The van der Waals surface area contributed by atoms with Crippen LogP contribution in [0.5, 0.6) is 5.75 Å². The van der Waals surface area contributed by atoms with Gasteiger partial charge < -0.3 is 10.1 Å². The van der Waals surface area contributed by atoms with Gasteiger partial charge in [-0.1, -0.05) is 18.5 Å². The number of anilines is 1. The number of halogens is 1. The van der Waals surface area contributed by atoms with E-state index in [-0.39, 0.29) is 0 Å². The molecule has 1 N–H and O–H groups in total. The zero-order valence-corrected chi connectivity index (χ0v) is 11.9. The first-order chi connectivity index (χ1) is 9.24. The van der Waals surface area contributed by atoms with Crippen molar-refractivity contribution in [3.63, 3.8) is 0 Å². The minimum atomic E-state index is 0.615. The minimum absolute atomic E-state index is 0.615. The van der Waals surface area contributed by atoms with Crippen LogP contribution in [0.4, 0.5) is 5.69 Å². The third-order valence-electron chi connectivity index (χ3n) is 2.86. The molecule has 0 amide bonds. The molecule has 4 nitrogen and oxygen atoms in total. The first kappa shape index (κ1) is 13.7. The van der Waals surface area contributed by atoms with E-state index in [2.05, 4.69) is 17.3 Å². The molecule has 0 spiro atoms. The molecule has 0 unspecified atom stereocenters. The molecular formula is C14H18ClN3O. The molecule has 1 aromatic heterocycles. The minimum Gasteiger partial charge on any atom is -0.495 e.